The van der Waals surface area contributed by atoms with Gasteiger partial charge in [-0.3, -0.25) is 9.89 Å². The van der Waals surface area contributed by atoms with Crippen LogP contribution in [0.5, 0.6) is 0 Å². The third kappa shape index (κ3) is 3.82. The van der Waals surface area contributed by atoms with Crippen molar-refractivity contribution in [3.63, 3.8) is 0 Å². The minimum absolute atomic E-state index is 0.225. The largest absolute Gasteiger partial charge is 0.416 e. The predicted molar refractivity (Wildman–Crippen MR) is 105 cm³/mol. The molecule has 0 aliphatic heterocycles. The summed E-state index contributed by atoms with van der Waals surface area (Å²) in [5.41, 5.74) is 2.36. The van der Waals surface area contributed by atoms with Crippen LogP contribution in [0.25, 0.3) is 16.9 Å². The average Bonchev–Trinajstić information content (AvgIpc) is 3.38. The zero-order valence-electron chi connectivity index (χ0n) is 15.7. The maximum Gasteiger partial charge on any atom is 0.416 e. The molecule has 1 amide bonds. The Hall–Kier alpha value is -3.88. The molecular formula is C21H16F3N5O. The Labute approximate surface area is 169 Å². The maximum atomic E-state index is 13.0. The normalized spacial score (nSPS) is 11.5. The van der Waals surface area contributed by atoms with Gasteiger partial charge in [0.1, 0.15) is 0 Å². The van der Waals surface area contributed by atoms with E-state index in [1.165, 1.54) is 23.0 Å². The predicted octanol–water partition coefficient (Wildman–Crippen LogP) is 4.84. The van der Waals surface area contributed by atoms with Crippen LogP contribution >= 0.6 is 0 Å². The highest BCUT2D eigenvalue weighted by Crippen LogP contribution is 2.30. The lowest BCUT2D eigenvalue weighted by Crippen LogP contribution is -2.13. The van der Waals surface area contributed by atoms with Gasteiger partial charge in [0, 0.05) is 17.4 Å². The summed E-state index contributed by atoms with van der Waals surface area (Å²) in [5, 5.41) is 13.7. The number of aromatic amines is 1. The highest BCUT2D eigenvalue weighted by Gasteiger charge is 2.30. The van der Waals surface area contributed by atoms with Crippen LogP contribution in [0.1, 0.15) is 21.6 Å². The number of benzene rings is 2. The first-order valence-corrected chi connectivity index (χ1v) is 8.96. The summed E-state index contributed by atoms with van der Waals surface area (Å²) >= 11 is 0. The molecule has 2 N–H and O–H groups in total. The molecule has 4 aromatic rings. The van der Waals surface area contributed by atoms with Crippen LogP contribution in [0.4, 0.5) is 18.9 Å². The Morgan fingerprint density at radius 3 is 2.63 bits per heavy atom. The number of halogens is 3. The molecule has 0 saturated heterocycles. The van der Waals surface area contributed by atoms with E-state index in [2.05, 4.69) is 20.6 Å². The van der Waals surface area contributed by atoms with E-state index in [9.17, 15) is 18.0 Å². The van der Waals surface area contributed by atoms with Crippen LogP contribution in [-0.4, -0.2) is 25.9 Å². The lowest BCUT2D eigenvalue weighted by molar-refractivity contribution is -0.137. The molecule has 0 radical (unpaired) electrons. The quantitative estimate of drug-likeness (QED) is 0.505. The van der Waals surface area contributed by atoms with E-state index in [0.29, 0.717) is 11.4 Å². The molecule has 2 aromatic heterocycles. The third-order valence-electron chi connectivity index (χ3n) is 4.60. The second-order valence-corrected chi connectivity index (χ2v) is 6.61. The number of rotatable bonds is 4. The first-order valence-electron chi connectivity index (χ1n) is 8.96. The molecule has 6 nitrogen and oxygen atoms in total. The van der Waals surface area contributed by atoms with E-state index >= 15 is 0 Å². The van der Waals surface area contributed by atoms with E-state index in [-0.39, 0.29) is 11.3 Å². The van der Waals surface area contributed by atoms with Crippen molar-refractivity contribution in [3.8, 4) is 16.9 Å². The molecule has 4 rings (SSSR count). The molecule has 30 heavy (non-hydrogen) atoms. The fraction of sp³-hybridized carbons (Fsp3) is 0.0952. The lowest BCUT2D eigenvalue weighted by atomic mass is 10.1. The van der Waals surface area contributed by atoms with Gasteiger partial charge in [-0.1, -0.05) is 18.2 Å². The molecule has 0 unspecified atom stereocenters. The van der Waals surface area contributed by atoms with Gasteiger partial charge in [0.2, 0.25) is 0 Å². The smallest absolute Gasteiger partial charge is 0.322 e. The molecule has 0 aliphatic rings. The molecular weight excluding hydrogens is 395 g/mol. The Bertz CT molecular complexity index is 1200. The zero-order valence-corrected chi connectivity index (χ0v) is 15.7. The molecule has 2 heterocycles. The number of carbonyl (C=O) groups excluding carboxylic acids is 1. The summed E-state index contributed by atoms with van der Waals surface area (Å²) in [6, 6.07) is 13.8. The Morgan fingerprint density at radius 2 is 1.90 bits per heavy atom. The van der Waals surface area contributed by atoms with E-state index in [1.54, 1.807) is 31.3 Å². The van der Waals surface area contributed by atoms with Crippen molar-refractivity contribution in [2.24, 2.45) is 0 Å². The zero-order chi connectivity index (χ0) is 21.3. The number of alkyl halides is 3. The highest BCUT2D eigenvalue weighted by atomic mass is 19.4. The van der Waals surface area contributed by atoms with Crippen molar-refractivity contribution < 1.29 is 18.0 Å². The first-order chi connectivity index (χ1) is 14.3. The fourth-order valence-corrected chi connectivity index (χ4v) is 3.09. The van der Waals surface area contributed by atoms with Gasteiger partial charge in [-0.05, 0) is 43.3 Å². The fourth-order valence-electron chi connectivity index (χ4n) is 3.09. The molecule has 0 aliphatic carbocycles. The average molecular weight is 411 g/mol. The van der Waals surface area contributed by atoms with Crippen LogP contribution < -0.4 is 5.32 Å². The third-order valence-corrected chi connectivity index (χ3v) is 4.60. The van der Waals surface area contributed by atoms with Gasteiger partial charge < -0.3 is 5.32 Å². The number of hydrogen-bond donors (Lipinski definition) is 2. The maximum absolute atomic E-state index is 13.0. The van der Waals surface area contributed by atoms with Crippen molar-refractivity contribution in [3.05, 3.63) is 83.8 Å². The van der Waals surface area contributed by atoms with Gasteiger partial charge in [-0.15, -0.1) is 0 Å². The van der Waals surface area contributed by atoms with Crippen molar-refractivity contribution in [2.75, 3.05) is 5.32 Å². The Balaban J connectivity index is 1.59. The SMILES string of the molecule is Cc1c(C(=O)Nc2cccc(-c3ccn[nH]3)c2)cnn1-c1cccc(C(F)(F)F)c1. The standard InChI is InChI=1S/C21H16F3N5O/c1-13-18(12-26-29(13)17-7-3-5-15(11-17)21(22,23)24)20(30)27-16-6-2-4-14(10-16)19-8-9-25-28-19/h2-12H,1H3,(H,25,28)(H,27,30). The number of anilines is 1. The molecule has 0 bridgehead atoms. The lowest BCUT2D eigenvalue weighted by Gasteiger charge is -2.10. The number of aromatic nitrogens is 4. The van der Waals surface area contributed by atoms with Gasteiger partial charge >= 0.3 is 6.18 Å². The second kappa shape index (κ2) is 7.51. The van der Waals surface area contributed by atoms with Crippen molar-refractivity contribution >= 4 is 11.6 Å². The van der Waals surface area contributed by atoms with Crippen molar-refractivity contribution in [1.29, 1.82) is 0 Å². The van der Waals surface area contributed by atoms with E-state index < -0.39 is 17.6 Å². The summed E-state index contributed by atoms with van der Waals surface area (Å²) in [7, 11) is 0. The highest BCUT2D eigenvalue weighted by molar-refractivity contribution is 6.05. The van der Waals surface area contributed by atoms with E-state index in [0.717, 1.165) is 23.4 Å². The molecule has 2 aromatic carbocycles. The molecule has 0 fully saturated rings. The molecule has 0 atom stereocenters. The van der Waals surface area contributed by atoms with Gasteiger partial charge in [-0.25, -0.2) is 4.68 Å². The topological polar surface area (TPSA) is 75.6 Å². The monoisotopic (exact) mass is 411 g/mol. The minimum Gasteiger partial charge on any atom is -0.322 e. The number of H-pyrrole nitrogens is 1. The van der Waals surface area contributed by atoms with Crippen molar-refractivity contribution in [1.82, 2.24) is 20.0 Å². The van der Waals surface area contributed by atoms with Crippen LogP contribution in [0.2, 0.25) is 0 Å². The van der Waals surface area contributed by atoms with Gasteiger partial charge in [-0.2, -0.15) is 23.4 Å². The first kappa shape index (κ1) is 19.4. The van der Waals surface area contributed by atoms with Gasteiger partial charge in [0.15, 0.2) is 0 Å². The van der Waals surface area contributed by atoms with Crippen LogP contribution in [0, 0.1) is 6.92 Å². The summed E-state index contributed by atoms with van der Waals surface area (Å²) < 4.78 is 40.3. The van der Waals surface area contributed by atoms with Crippen LogP contribution in [-0.2, 0) is 6.18 Å². The van der Waals surface area contributed by atoms with E-state index in [4.69, 9.17) is 0 Å². The summed E-state index contributed by atoms with van der Waals surface area (Å²) in [4.78, 5) is 12.7. The van der Waals surface area contributed by atoms with Crippen molar-refractivity contribution in [2.45, 2.75) is 13.1 Å². The van der Waals surface area contributed by atoms with E-state index in [1.807, 2.05) is 12.1 Å². The number of hydrogen-bond acceptors (Lipinski definition) is 3. The number of nitrogens with one attached hydrogen (secondary N) is 2. The van der Waals surface area contributed by atoms with Crippen LogP contribution in [0.15, 0.2) is 67.0 Å². The van der Waals surface area contributed by atoms with Gasteiger partial charge in [0.25, 0.3) is 5.91 Å². The molecule has 0 saturated carbocycles. The number of amides is 1. The van der Waals surface area contributed by atoms with Gasteiger partial charge in [0.05, 0.1) is 34.4 Å². The summed E-state index contributed by atoms with van der Waals surface area (Å²) in [6.45, 7) is 1.63. The second-order valence-electron chi connectivity index (χ2n) is 6.61. The minimum atomic E-state index is -4.46. The Kier molecular flexibility index (Phi) is 4.86. The summed E-state index contributed by atoms with van der Waals surface area (Å²) in [6.07, 6.45) is -1.49. The molecule has 152 valence electrons. The molecule has 9 heteroatoms. The van der Waals surface area contributed by atoms with Crippen LogP contribution in [0.3, 0.4) is 0 Å². The Morgan fingerprint density at radius 1 is 1.10 bits per heavy atom. The number of nitrogens with zero attached hydrogens (tertiary/aromatic N) is 3. The summed E-state index contributed by atoms with van der Waals surface area (Å²) in [5.74, 6) is -0.410. The number of carbonyl (C=O) groups is 1. The molecule has 0 spiro atoms.